The van der Waals surface area contributed by atoms with Gasteiger partial charge in [-0.2, -0.15) is 0 Å². The molecule has 2 nitrogen and oxygen atoms in total. The number of likely N-dealkylation sites (N-methyl/N-ethyl adjacent to an activating group) is 1. The lowest BCUT2D eigenvalue weighted by Crippen LogP contribution is -2.24. The van der Waals surface area contributed by atoms with E-state index in [1.165, 1.54) is 18.2 Å². The normalized spacial score (nSPS) is 10.8. The van der Waals surface area contributed by atoms with E-state index >= 15 is 0 Å². The second-order valence-electron chi connectivity index (χ2n) is 4.67. The molecule has 0 radical (unpaired) electrons. The topological polar surface area (TPSA) is 20.3 Å². The van der Waals surface area contributed by atoms with Gasteiger partial charge in [0.1, 0.15) is 5.82 Å². The Balaban J connectivity index is 2.01. The van der Waals surface area contributed by atoms with Gasteiger partial charge in [-0.25, -0.2) is 4.39 Å². The van der Waals surface area contributed by atoms with Gasteiger partial charge in [-0.1, -0.05) is 46.3 Å². The molecule has 1 amide bonds. The number of halogens is 2. The van der Waals surface area contributed by atoms with Gasteiger partial charge < -0.3 is 4.90 Å². The summed E-state index contributed by atoms with van der Waals surface area (Å²) in [7, 11) is 1.73. The molecule has 0 aliphatic heterocycles. The Labute approximate surface area is 132 Å². The van der Waals surface area contributed by atoms with E-state index in [9.17, 15) is 9.18 Å². The lowest BCUT2D eigenvalue weighted by Gasteiger charge is -2.16. The van der Waals surface area contributed by atoms with Crippen LogP contribution in [-0.2, 0) is 11.3 Å². The Bertz CT molecular complexity index is 669. The quantitative estimate of drug-likeness (QED) is 0.756. The van der Waals surface area contributed by atoms with Gasteiger partial charge >= 0.3 is 0 Å². The Kier molecular flexibility index (Phi) is 5.28. The molecule has 0 unspecified atom stereocenters. The molecule has 108 valence electrons. The maximum Gasteiger partial charge on any atom is 0.246 e. The van der Waals surface area contributed by atoms with Crippen LogP contribution >= 0.6 is 15.9 Å². The molecule has 0 aliphatic carbocycles. The Morgan fingerprint density at radius 2 is 2.00 bits per heavy atom. The fourth-order valence-corrected chi connectivity index (χ4v) is 2.28. The summed E-state index contributed by atoms with van der Waals surface area (Å²) in [5, 5.41) is 0. The van der Waals surface area contributed by atoms with Gasteiger partial charge in [-0.15, -0.1) is 0 Å². The van der Waals surface area contributed by atoms with Gasteiger partial charge in [0.25, 0.3) is 0 Å². The Morgan fingerprint density at radius 3 is 2.71 bits per heavy atom. The summed E-state index contributed by atoms with van der Waals surface area (Å²) in [6.07, 6.45) is 3.06. The fourth-order valence-electron chi connectivity index (χ4n) is 1.87. The molecule has 21 heavy (non-hydrogen) atoms. The third kappa shape index (κ3) is 4.53. The number of hydrogen-bond donors (Lipinski definition) is 0. The highest BCUT2D eigenvalue weighted by molar-refractivity contribution is 9.10. The number of amides is 1. The maximum atomic E-state index is 13.0. The van der Waals surface area contributed by atoms with E-state index in [4.69, 9.17) is 0 Å². The first-order valence-corrected chi connectivity index (χ1v) is 7.28. The second-order valence-corrected chi connectivity index (χ2v) is 5.53. The van der Waals surface area contributed by atoms with Gasteiger partial charge in [-0.05, 0) is 35.4 Å². The second kappa shape index (κ2) is 7.18. The molecule has 4 heteroatoms. The van der Waals surface area contributed by atoms with Crippen molar-refractivity contribution in [1.82, 2.24) is 4.90 Å². The van der Waals surface area contributed by atoms with Crippen LogP contribution in [0.5, 0.6) is 0 Å². The minimum Gasteiger partial charge on any atom is -0.338 e. The molecule has 0 saturated heterocycles. The molecule has 0 N–H and O–H groups in total. The molecule has 0 fully saturated rings. The van der Waals surface area contributed by atoms with Crippen molar-refractivity contribution in [3.8, 4) is 0 Å². The Hall–Kier alpha value is -1.94. The molecule has 2 aromatic rings. The number of hydrogen-bond acceptors (Lipinski definition) is 1. The van der Waals surface area contributed by atoms with Crippen LogP contribution in [0.2, 0.25) is 0 Å². The van der Waals surface area contributed by atoms with Gasteiger partial charge in [0.05, 0.1) is 0 Å². The lowest BCUT2D eigenvalue weighted by molar-refractivity contribution is -0.125. The molecule has 0 aromatic heterocycles. The molecule has 0 saturated carbocycles. The largest absolute Gasteiger partial charge is 0.338 e. The molecule has 2 aromatic carbocycles. The van der Waals surface area contributed by atoms with Crippen molar-refractivity contribution in [1.29, 1.82) is 0 Å². The van der Waals surface area contributed by atoms with Crippen molar-refractivity contribution >= 4 is 27.9 Å². The van der Waals surface area contributed by atoms with Gasteiger partial charge in [-0.3, -0.25) is 4.79 Å². The van der Waals surface area contributed by atoms with Gasteiger partial charge in [0, 0.05) is 24.1 Å². The smallest absolute Gasteiger partial charge is 0.246 e. The average Bonchev–Trinajstić information content (AvgIpc) is 2.47. The molecular formula is C17H15BrFNO. The average molecular weight is 348 g/mol. The van der Waals surface area contributed by atoms with Gasteiger partial charge in [0.2, 0.25) is 5.91 Å². The molecule has 2 rings (SSSR count). The summed E-state index contributed by atoms with van der Waals surface area (Å²) in [5.41, 5.74) is 1.70. The lowest BCUT2D eigenvalue weighted by atomic mass is 10.2. The van der Waals surface area contributed by atoms with Crippen LogP contribution in [-0.4, -0.2) is 17.9 Å². The van der Waals surface area contributed by atoms with E-state index in [0.29, 0.717) is 12.1 Å². The van der Waals surface area contributed by atoms with Crippen molar-refractivity contribution in [3.63, 3.8) is 0 Å². The molecule has 0 aliphatic rings. The zero-order valence-corrected chi connectivity index (χ0v) is 13.2. The fraction of sp³-hybridized carbons (Fsp3) is 0.118. The molecule has 0 atom stereocenters. The zero-order valence-electron chi connectivity index (χ0n) is 11.6. The summed E-state index contributed by atoms with van der Waals surface area (Å²) >= 11 is 3.46. The Morgan fingerprint density at radius 1 is 1.24 bits per heavy atom. The van der Waals surface area contributed by atoms with Crippen LogP contribution in [0, 0.1) is 5.82 Å². The van der Waals surface area contributed by atoms with E-state index in [1.54, 1.807) is 30.2 Å². The first kappa shape index (κ1) is 15.4. The first-order chi connectivity index (χ1) is 10.1. The van der Waals surface area contributed by atoms with Crippen LogP contribution in [0.25, 0.3) is 6.08 Å². The van der Waals surface area contributed by atoms with Crippen LogP contribution < -0.4 is 0 Å². The summed E-state index contributed by atoms with van der Waals surface area (Å²) in [4.78, 5) is 13.7. The number of carbonyl (C=O) groups excluding carboxylic acids is 1. The standard InChI is InChI=1S/C17H15BrFNO/c1-20(12-14-6-2-3-8-16(14)18)17(21)10-9-13-5-4-7-15(19)11-13/h2-11H,12H2,1H3/b10-9+. The highest BCUT2D eigenvalue weighted by atomic mass is 79.9. The van der Waals surface area contributed by atoms with Crippen molar-refractivity contribution in [2.45, 2.75) is 6.54 Å². The third-order valence-electron chi connectivity index (χ3n) is 3.01. The number of rotatable bonds is 4. The molecule has 0 heterocycles. The van der Waals surface area contributed by atoms with E-state index < -0.39 is 0 Å². The van der Waals surface area contributed by atoms with Crippen molar-refractivity contribution < 1.29 is 9.18 Å². The first-order valence-electron chi connectivity index (χ1n) is 6.48. The van der Waals surface area contributed by atoms with Crippen molar-refractivity contribution in [2.75, 3.05) is 7.05 Å². The SMILES string of the molecule is CN(Cc1ccccc1Br)C(=O)/C=C/c1cccc(F)c1. The predicted molar refractivity (Wildman–Crippen MR) is 86.1 cm³/mol. The monoisotopic (exact) mass is 347 g/mol. The molecule has 0 bridgehead atoms. The van der Waals surface area contributed by atoms with Gasteiger partial charge in [0.15, 0.2) is 0 Å². The maximum absolute atomic E-state index is 13.0. The summed E-state index contributed by atoms with van der Waals surface area (Å²) in [5.74, 6) is -0.443. The summed E-state index contributed by atoms with van der Waals surface area (Å²) in [6, 6.07) is 13.9. The van der Waals surface area contributed by atoms with Crippen LogP contribution in [0.4, 0.5) is 4.39 Å². The summed E-state index contributed by atoms with van der Waals surface area (Å²) in [6.45, 7) is 0.508. The van der Waals surface area contributed by atoms with E-state index in [1.807, 2.05) is 24.3 Å². The number of nitrogens with zero attached hydrogens (tertiary/aromatic N) is 1. The minimum atomic E-state index is -0.314. The van der Waals surface area contributed by atoms with Crippen molar-refractivity contribution in [2.24, 2.45) is 0 Å². The molecule has 0 spiro atoms. The zero-order chi connectivity index (χ0) is 15.2. The van der Waals surface area contributed by atoms with E-state index in [-0.39, 0.29) is 11.7 Å². The molecular weight excluding hydrogens is 333 g/mol. The minimum absolute atomic E-state index is 0.130. The van der Waals surface area contributed by atoms with Crippen LogP contribution in [0.15, 0.2) is 59.1 Å². The number of benzene rings is 2. The summed E-state index contributed by atoms with van der Waals surface area (Å²) < 4.78 is 14.0. The highest BCUT2D eigenvalue weighted by Crippen LogP contribution is 2.17. The van der Waals surface area contributed by atoms with E-state index in [2.05, 4.69) is 15.9 Å². The van der Waals surface area contributed by atoms with Crippen LogP contribution in [0.3, 0.4) is 0 Å². The third-order valence-corrected chi connectivity index (χ3v) is 3.78. The van der Waals surface area contributed by atoms with Crippen molar-refractivity contribution in [3.05, 3.63) is 76.0 Å². The van der Waals surface area contributed by atoms with E-state index in [0.717, 1.165) is 10.0 Å². The predicted octanol–water partition coefficient (Wildman–Crippen LogP) is 4.26. The highest BCUT2D eigenvalue weighted by Gasteiger charge is 2.07. The number of carbonyl (C=O) groups is 1. The van der Waals surface area contributed by atoms with Crippen LogP contribution in [0.1, 0.15) is 11.1 Å².